The van der Waals surface area contributed by atoms with E-state index in [2.05, 4.69) is 15.9 Å². The van der Waals surface area contributed by atoms with Gasteiger partial charge < -0.3 is 9.05 Å². The molecule has 0 aromatic heterocycles. The van der Waals surface area contributed by atoms with Crippen molar-refractivity contribution in [3.05, 3.63) is 12.2 Å². The van der Waals surface area contributed by atoms with Gasteiger partial charge in [0.2, 0.25) is 0 Å². The highest BCUT2D eigenvalue weighted by Crippen LogP contribution is 2.65. The maximum Gasteiger partial charge on any atom is 0.400 e. The van der Waals surface area contributed by atoms with Gasteiger partial charge in [-0.15, -0.1) is 0 Å². The Morgan fingerprint density at radius 2 is 1.83 bits per heavy atom. The lowest BCUT2D eigenvalue weighted by Crippen LogP contribution is -2.31. The first-order chi connectivity index (χ1) is 8.37. The molecule has 0 N–H and O–H groups in total. The lowest BCUT2D eigenvalue weighted by Gasteiger charge is -2.32. The van der Waals surface area contributed by atoms with E-state index in [1.165, 1.54) is 19.9 Å². The second-order valence-corrected chi connectivity index (χ2v) is 7.29. The van der Waals surface area contributed by atoms with Gasteiger partial charge in [0.15, 0.2) is 0 Å². The van der Waals surface area contributed by atoms with E-state index in [-0.39, 0.29) is 24.5 Å². The van der Waals surface area contributed by atoms with Crippen molar-refractivity contribution in [2.24, 2.45) is 5.92 Å². The minimum absolute atomic E-state index is 0.0651. The first-order valence-electron chi connectivity index (χ1n) is 5.96. The molecule has 0 bridgehead atoms. The Bertz CT molecular complexity index is 339. The molecule has 106 valence electrons. The second-order valence-electron chi connectivity index (χ2n) is 4.01. The van der Waals surface area contributed by atoms with Crippen LogP contribution in [0.3, 0.4) is 0 Å². The zero-order valence-electron chi connectivity index (χ0n) is 10.4. The van der Waals surface area contributed by atoms with Crippen LogP contribution in [-0.2, 0) is 13.6 Å². The van der Waals surface area contributed by atoms with E-state index in [0.717, 1.165) is 0 Å². The van der Waals surface area contributed by atoms with E-state index in [9.17, 15) is 13.3 Å². The molecule has 1 aliphatic rings. The number of allylic oxidation sites excluding steroid dienone is 2. The molecule has 0 aliphatic heterocycles. The van der Waals surface area contributed by atoms with Gasteiger partial charge in [-0.1, -0.05) is 28.1 Å². The van der Waals surface area contributed by atoms with Crippen LogP contribution in [0.1, 0.15) is 26.7 Å². The van der Waals surface area contributed by atoms with Crippen LogP contribution in [0.25, 0.3) is 0 Å². The van der Waals surface area contributed by atoms with Crippen LogP contribution < -0.4 is 0 Å². The van der Waals surface area contributed by atoms with Gasteiger partial charge in [-0.05, 0) is 26.7 Å². The van der Waals surface area contributed by atoms with E-state index in [1.807, 2.05) is 0 Å². The zero-order valence-corrected chi connectivity index (χ0v) is 12.9. The fourth-order valence-corrected chi connectivity index (χ4v) is 3.99. The van der Waals surface area contributed by atoms with Crippen LogP contribution in [0.2, 0.25) is 0 Å². The summed E-state index contributed by atoms with van der Waals surface area (Å²) in [6.45, 7) is 2.91. The van der Waals surface area contributed by atoms with Gasteiger partial charge in [0, 0.05) is 4.83 Å². The Labute approximate surface area is 115 Å². The number of halogens is 3. The van der Waals surface area contributed by atoms with Gasteiger partial charge in [-0.3, -0.25) is 4.57 Å². The molecule has 1 aliphatic carbocycles. The van der Waals surface area contributed by atoms with E-state index in [1.54, 1.807) is 6.08 Å². The van der Waals surface area contributed by atoms with Gasteiger partial charge in [-0.2, -0.15) is 8.78 Å². The van der Waals surface area contributed by atoms with E-state index < -0.39 is 19.2 Å². The van der Waals surface area contributed by atoms with Crippen LogP contribution in [0.5, 0.6) is 0 Å². The summed E-state index contributed by atoms with van der Waals surface area (Å²) in [5.74, 6) is -1.10. The Kier molecular flexibility index (Phi) is 5.97. The van der Waals surface area contributed by atoms with Gasteiger partial charge >= 0.3 is 13.3 Å². The average Bonchev–Trinajstić information content (AvgIpc) is 2.30. The Morgan fingerprint density at radius 3 is 2.22 bits per heavy atom. The molecule has 0 aromatic rings. The highest BCUT2D eigenvalue weighted by molar-refractivity contribution is 9.09. The minimum Gasteiger partial charge on any atom is -0.305 e. The molecule has 0 amide bonds. The molecule has 0 radical (unpaired) electrons. The molecule has 3 nitrogen and oxygen atoms in total. The summed E-state index contributed by atoms with van der Waals surface area (Å²) in [7, 11) is -4.41. The number of hydrogen-bond donors (Lipinski definition) is 0. The van der Waals surface area contributed by atoms with Crippen molar-refractivity contribution in [2.45, 2.75) is 37.2 Å². The van der Waals surface area contributed by atoms with Crippen LogP contribution in [-0.4, -0.2) is 23.7 Å². The summed E-state index contributed by atoms with van der Waals surface area (Å²) < 4.78 is 50.2. The molecule has 18 heavy (non-hydrogen) atoms. The predicted molar refractivity (Wildman–Crippen MR) is 70.4 cm³/mol. The molecule has 0 spiro atoms. The lowest BCUT2D eigenvalue weighted by atomic mass is 9.96. The Balaban J connectivity index is 2.94. The molecular formula is C11H18BrF2O3P. The third-order valence-corrected chi connectivity index (χ3v) is 5.74. The fraction of sp³-hybridized carbons (Fsp3) is 0.818. The fourth-order valence-electron chi connectivity index (χ4n) is 1.83. The minimum atomic E-state index is -4.41. The molecule has 0 saturated heterocycles. The summed E-state index contributed by atoms with van der Waals surface area (Å²) >= 11 is 3.33. The first-order valence-corrected chi connectivity index (χ1v) is 8.42. The monoisotopic (exact) mass is 346 g/mol. The summed E-state index contributed by atoms with van der Waals surface area (Å²) in [6.07, 6.45) is 3.89. The molecule has 2 atom stereocenters. The summed E-state index contributed by atoms with van der Waals surface area (Å²) in [6, 6.07) is 0. The van der Waals surface area contributed by atoms with Crippen molar-refractivity contribution < 1.29 is 22.4 Å². The van der Waals surface area contributed by atoms with Crippen LogP contribution >= 0.6 is 23.5 Å². The maximum atomic E-state index is 14.3. The molecule has 2 unspecified atom stereocenters. The van der Waals surface area contributed by atoms with Crippen molar-refractivity contribution in [2.75, 3.05) is 13.2 Å². The number of hydrogen-bond acceptors (Lipinski definition) is 3. The number of alkyl halides is 3. The average molecular weight is 347 g/mol. The van der Waals surface area contributed by atoms with Gasteiger partial charge in [0.05, 0.1) is 19.1 Å². The topological polar surface area (TPSA) is 35.5 Å². The molecule has 0 fully saturated rings. The maximum absolute atomic E-state index is 14.3. The van der Waals surface area contributed by atoms with Crippen molar-refractivity contribution in [1.29, 1.82) is 0 Å². The SMILES string of the molecule is CCOP(=O)(OCC)C(F)(F)C1C=CC(Br)CC1. The van der Waals surface area contributed by atoms with Crippen LogP contribution in [0.15, 0.2) is 12.2 Å². The molecule has 0 heterocycles. The highest BCUT2D eigenvalue weighted by Gasteiger charge is 2.57. The molecular weight excluding hydrogens is 329 g/mol. The standard InChI is InChI=1S/C11H18BrF2O3P/c1-3-16-18(15,17-4-2)11(13,14)9-5-7-10(12)8-6-9/h5,7,9-10H,3-4,6,8H2,1-2H3. The molecule has 0 saturated carbocycles. The predicted octanol–water partition coefficient (Wildman–Crippen LogP) is 4.58. The van der Waals surface area contributed by atoms with Gasteiger partial charge in [0.25, 0.3) is 0 Å². The van der Waals surface area contributed by atoms with Gasteiger partial charge in [-0.25, -0.2) is 0 Å². The molecule has 1 rings (SSSR count). The van der Waals surface area contributed by atoms with Crippen molar-refractivity contribution in [1.82, 2.24) is 0 Å². The van der Waals surface area contributed by atoms with E-state index >= 15 is 0 Å². The largest absolute Gasteiger partial charge is 0.400 e. The highest BCUT2D eigenvalue weighted by atomic mass is 79.9. The summed E-state index contributed by atoms with van der Waals surface area (Å²) in [5.41, 5.74) is -3.48. The zero-order chi connectivity index (χ0) is 13.8. The van der Waals surface area contributed by atoms with Crippen molar-refractivity contribution >= 4 is 23.5 Å². The third kappa shape index (κ3) is 3.41. The smallest absolute Gasteiger partial charge is 0.305 e. The summed E-state index contributed by atoms with van der Waals surface area (Å²) in [5, 5.41) is 0. The van der Waals surface area contributed by atoms with E-state index in [4.69, 9.17) is 9.05 Å². The molecule has 7 heteroatoms. The Morgan fingerprint density at radius 1 is 1.28 bits per heavy atom. The quantitative estimate of drug-likeness (QED) is 0.401. The number of rotatable bonds is 6. The second kappa shape index (κ2) is 6.60. The van der Waals surface area contributed by atoms with Gasteiger partial charge in [0.1, 0.15) is 0 Å². The third-order valence-electron chi connectivity index (χ3n) is 2.72. The van der Waals surface area contributed by atoms with Crippen molar-refractivity contribution in [3.8, 4) is 0 Å². The van der Waals surface area contributed by atoms with Crippen LogP contribution in [0.4, 0.5) is 8.78 Å². The van der Waals surface area contributed by atoms with Crippen molar-refractivity contribution in [3.63, 3.8) is 0 Å². The lowest BCUT2D eigenvalue weighted by molar-refractivity contribution is -0.000306. The van der Waals surface area contributed by atoms with E-state index in [0.29, 0.717) is 6.42 Å². The van der Waals surface area contributed by atoms with Crippen LogP contribution in [0, 0.1) is 5.92 Å². The first kappa shape index (κ1) is 16.3. The normalized spacial score (nSPS) is 25.4. The Hall–Kier alpha value is 0.230. The molecule has 0 aromatic carbocycles. The summed E-state index contributed by atoms with van der Waals surface area (Å²) in [4.78, 5) is 0.100.